The van der Waals surface area contributed by atoms with Crippen molar-refractivity contribution in [2.24, 2.45) is 16.4 Å². The summed E-state index contributed by atoms with van der Waals surface area (Å²) < 4.78 is 11.1. The van der Waals surface area contributed by atoms with E-state index >= 15 is 0 Å². The molecule has 11 nitrogen and oxygen atoms in total. The number of nitro groups is 1. The maximum atomic E-state index is 13.4. The Kier molecular flexibility index (Phi) is 16.9. The summed E-state index contributed by atoms with van der Waals surface area (Å²) in [6.07, 6.45) is 4.38. The second-order valence-corrected chi connectivity index (χ2v) is 9.37. The number of hydrogen-bond acceptors (Lipinski definition) is 9. The van der Waals surface area contributed by atoms with Gasteiger partial charge in [-0.2, -0.15) is 0 Å². The first-order valence-corrected chi connectivity index (χ1v) is 13.7. The van der Waals surface area contributed by atoms with Crippen LogP contribution in [0.2, 0.25) is 0 Å². The van der Waals surface area contributed by atoms with Crippen molar-refractivity contribution in [3.8, 4) is 0 Å². The number of Topliss-reactive ketones (excluding diaryl/α,β-unsaturated/α-hetero) is 1. The number of ketones is 1. The molecule has 2 N–H and O–H groups in total. The summed E-state index contributed by atoms with van der Waals surface area (Å²) in [6.45, 7) is 21.6. The Balaban J connectivity index is 0.00000363. The molecule has 0 bridgehead atoms. The Bertz CT molecular complexity index is 1080. The molecular formula is C29H46N5O6+. The van der Waals surface area contributed by atoms with Crippen LogP contribution in [-0.2, 0) is 19.1 Å². The van der Waals surface area contributed by atoms with Crippen LogP contribution >= 0.6 is 0 Å². The lowest BCUT2D eigenvalue weighted by Crippen LogP contribution is -2.41. The quantitative estimate of drug-likeness (QED) is 0.0562. The largest absolute Gasteiger partial charge is 0.463 e. The summed E-state index contributed by atoms with van der Waals surface area (Å²) in [5.41, 5.74) is 8.85. The Morgan fingerprint density at radius 1 is 1.30 bits per heavy atom. The minimum Gasteiger partial charge on any atom is -0.463 e. The molecule has 0 saturated carbocycles. The van der Waals surface area contributed by atoms with E-state index in [-0.39, 0.29) is 42.0 Å². The molecule has 222 valence electrons. The van der Waals surface area contributed by atoms with E-state index in [0.717, 1.165) is 0 Å². The van der Waals surface area contributed by atoms with Crippen LogP contribution in [0, 0.1) is 27.0 Å². The van der Waals surface area contributed by atoms with E-state index in [1.165, 1.54) is 12.2 Å². The molecule has 1 atom stereocenters. The van der Waals surface area contributed by atoms with Gasteiger partial charge in [-0.3, -0.25) is 14.9 Å². The second kappa shape index (κ2) is 18.6. The van der Waals surface area contributed by atoms with Gasteiger partial charge in [-0.05, 0) is 36.8 Å². The van der Waals surface area contributed by atoms with Gasteiger partial charge in [0.25, 0.3) is 0 Å². The number of nitrogens with zero attached hydrogens (tertiary/aromatic N) is 3. The van der Waals surface area contributed by atoms with Gasteiger partial charge in [0.15, 0.2) is 5.78 Å². The fourth-order valence-corrected chi connectivity index (χ4v) is 4.42. The Morgan fingerprint density at radius 3 is 2.50 bits per heavy atom. The van der Waals surface area contributed by atoms with Crippen LogP contribution in [0.1, 0.15) is 67.7 Å². The molecule has 2 rings (SSSR count). The van der Waals surface area contributed by atoms with Crippen LogP contribution < -0.4 is 10.2 Å². The summed E-state index contributed by atoms with van der Waals surface area (Å²) in [4.78, 5) is 40.1. The van der Waals surface area contributed by atoms with Crippen molar-refractivity contribution in [3.63, 3.8) is 0 Å². The molecule has 40 heavy (non-hydrogen) atoms. The van der Waals surface area contributed by atoms with Crippen molar-refractivity contribution in [3.05, 3.63) is 69.1 Å². The van der Waals surface area contributed by atoms with Gasteiger partial charge < -0.3 is 14.8 Å². The molecule has 0 amide bonds. The predicted molar refractivity (Wildman–Crippen MR) is 155 cm³/mol. The van der Waals surface area contributed by atoms with Crippen LogP contribution in [0.4, 0.5) is 0 Å². The highest BCUT2D eigenvalue weighted by atomic mass is 16.6. The zero-order valence-electron chi connectivity index (χ0n) is 25.1. The number of carbonyl (C=O) groups is 2. The molecule has 0 aromatic carbocycles. The first-order valence-electron chi connectivity index (χ1n) is 13.7. The van der Waals surface area contributed by atoms with Gasteiger partial charge in [0.2, 0.25) is 11.5 Å². The number of allylic oxidation sites excluding steroid dienone is 4. The van der Waals surface area contributed by atoms with Gasteiger partial charge in [-0.1, -0.05) is 60.8 Å². The minimum atomic E-state index is -0.833. The van der Waals surface area contributed by atoms with E-state index in [9.17, 15) is 19.7 Å². The summed E-state index contributed by atoms with van der Waals surface area (Å²) >= 11 is 0. The zero-order valence-corrected chi connectivity index (χ0v) is 25.1. The summed E-state index contributed by atoms with van der Waals surface area (Å²) in [7, 11) is 0. The molecule has 0 fully saturated rings. The average molecular weight is 561 g/mol. The number of esters is 1. The molecule has 0 saturated heterocycles. The SMILES string of the molecule is C=C/C(=C\C(=C)C[N+](=O)[O-])C1C2=C(CC(C)(C)CC2=O)NC(COCCCN=[N+]=N)=C1C(=O)OCC.CC.CC. The van der Waals surface area contributed by atoms with Gasteiger partial charge in [0, 0.05) is 40.7 Å². The van der Waals surface area contributed by atoms with Gasteiger partial charge in [-0.25, -0.2) is 4.79 Å². The molecule has 1 aliphatic carbocycles. The van der Waals surface area contributed by atoms with Crippen LogP contribution in [0.5, 0.6) is 0 Å². The summed E-state index contributed by atoms with van der Waals surface area (Å²) in [5, 5.41) is 17.9. The van der Waals surface area contributed by atoms with E-state index in [1.807, 2.05) is 41.5 Å². The maximum Gasteiger partial charge on any atom is 0.336 e. The van der Waals surface area contributed by atoms with Crippen molar-refractivity contribution in [1.29, 1.82) is 5.53 Å². The average Bonchev–Trinajstić information content (AvgIpc) is 2.89. The Morgan fingerprint density at radius 2 is 1.95 bits per heavy atom. The monoisotopic (exact) mass is 560 g/mol. The van der Waals surface area contributed by atoms with Crippen LogP contribution in [-0.4, -0.2) is 49.6 Å². The molecule has 1 aliphatic heterocycles. The Labute approximate surface area is 237 Å². The number of ether oxygens (including phenoxy) is 2. The Hall–Kier alpha value is -3.69. The van der Waals surface area contributed by atoms with Crippen molar-refractivity contribution in [1.82, 2.24) is 10.2 Å². The second-order valence-electron chi connectivity index (χ2n) is 9.37. The number of nitrogens with one attached hydrogen (secondary N) is 2. The molecule has 2 aliphatic rings. The van der Waals surface area contributed by atoms with Gasteiger partial charge in [-0.15, -0.1) is 0 Å². The van der Waals surface area contributed by atoms with Crippen molar-refractivity contribution >= 4 is 11.8 Å². The summed E-state index contributed by atoms with van der Waals surface area (Å²) in [6, 6.07) is 0. The smallest absolute Gasteiger partial charge is 0.336 e. The first kappa shape index (κ1) is 36.3. The standard InChI is InChI=1S/C25H33N5O6.2C2H6/c1-6-17(11-16(3)14-30(33)34)21-22-18(12-25(4,5)13-20(22)31)28-19(23(21)24(32)36-7-2)15-35-10-8-9-27-29-26;2*1-2/h6,11,21,26H,1,3,7-10,12-15H2,2,4-5H3;2*1-2H3/p+1/b17-11+;;. The van der Waals surface area contributed by atoms with Crippen LogP contribution in [0.25, 0.3) is 0 Å². The number of hydrogen-bond donors (Lipinski definition) is 2. The highest BCUT2D eigenvalue weighted by molar-refractivity contribution is 6.03. The lowest BCUT2D eigenvalue weighted by Gasteiger charge is -2.40. The van der Waals surface area contributed by atoms with Crippen molar-refractivity contribution in [2.75, 3.05) is 32.9 Å². The highest BCUT2D eigenvalue weighted by Gasteiger charge is 2.44. The number of dihydropyridines is 1. The molecule has 0 radical (unpaired) electrons. The zero-order chi connectivity index (χ0) is 30.9. The van der Waals surface area contributed by atoms with Crippen LogP contribution in [0.15, 0.2) is 64.1 Å². The van der Waals surface area contributed by atoms with Crippen molar-refractivity contribution < 1.29 is 24.0 Å². The molecule has 1 heterocycles. The van der Waals surface area contributed by atoms with E-state index in [0.29, 0.717) is 48.5 Å². The first-order chi connectivity index (χ1) is 19.0. The predicted octanol–water partition coefficient (Wildman–Crippen LogP) is 5.62. The van der Waals surface area contributed by atoms with Gasteiger partial charge in [0.05, 0.1) is 24.5 Å². The van der Waals surface area contributed by atoms with Gasteiger partial charge in [0.1, 0.15) is 17.2 Å². The van der Waals surface area contributed by atoms with Gasteiger partial charge >= 0.3 is 5.97 Å². The number of carbonyl (C=O) groups excluding carboxylic acids is 2. The third-order valence-corrected chi connectivity index (χ3v) is 5.76. The molecule has 0 aromatic heterocycles. The third kappa shape index (κ3) is 10.8. The maximum absolute atomic E-state index is 13.4. The fourth-order valence-electron chi connectivity index (χ4n) is 4.42. The van der Waals surface area contributed by atoms with E-state index in [4.69, 9.17) is 15.0 Å². The third-order valence-electron chi connectivity index (χ3n) is 5.76. The van der Waals surface area contributed by atoms with E-state index in [1.54, 1.807) is 6.92 Å². The molecule has 11 heteroatoms. The molecule has 0 aromatic rings. The topological polar surface area (TPSA) is 158 Å². The normalized spacial score (nSPS) is 17.5. The summed E-state index contributed by atoms with van der Waals surface area (Å²) in [5.74, 6) is -1.57. The highest BCUT2D eigenvalue weighted by Crippen LogP contribution is 2.45. The van der Waals surface area contributed by atoms with Crippen LogP contribution in [0.3, 0.4) is 0 Å². The minimum absolute atomic E-state index is 0.0360. The van der Waals surface area contributed by atoms with E-state index < -0.39 is 23.4 Å². The lowest BCUT2D eigenvalue weighted by atomic mass is 9.68. The lowest BCUT2D eigenvalue weighted by molar-refractivity contribution is -0.470. The van der Waals surface area contributed by atoms with Crippen molar-refractivity contribution in [2.45, 2.75) is 67.7 Å². The van der Waals surface area contributed by atoms with E-state index in [2.05, 4.69) is 28.5 Å². The number of rotatable bonds is 13. The molecule has 0 spiro atoms. The molecular weight excluding hydrogens is 514 g/mol. The fraction of sp³-hybridized carbons (Fsp3) is 0.586. The molecule has 1 unspecified atom stereocenters.